The van der Waals surface area contributed by atoms with Crippen LogP contribution in [0.3, 0.4) is 0 Å². The molecule has 0 radical (unpaired) electrons. The van der Waals surface area contributed by atoms with E-state index in [2.05, 4.69) is 6.92 Å². The quantitative estimate of drug-likeness (QED) is 0.372. The Morgan fingerprint density at radius 1 is 1.20 bits per heavy atom. The molecule has 0 aromatic rings. The summed E-state index contributed by atoms with van der Waals surface area (Å²) in [4.78, 5) is 11.6. The van der Waals surface area contributed by atoms with Crippen LogP contribution in [0.1, 0.15) is 65.2 Å². The predicted molar refractivity (Wildman–Crippen MR) is 81.5 cm³/mol. The number of alkyl halides is 2. The fraction of sp³-hybridized carbons (Fsp3) is 0.933. The van der Waals surface area contributed by atoms with E-state index in [9.17, 15) is 13.6 Å². The molecule has 2 nitrogen and oxygen atoms in total. The monoisotopic (exact) mass is 310 g/mol. The summed E-state index contributed by atoms with van der Waals surface area (Å²) in [7, 11) is 1.42. The van der Waals surface area contributed by atoms with Gasteiger partial charge < -0.3 is 4.74 Å². The molecular weight excluding hydrogens is 282 g/mol. The number of hydrogen-bond donors (Lipinski definition) is 0. The van der Waals surface area contributed by atoms with Gasteiger partial charge in [-0.15, -0.1) is 11.8 Å². The van der Waals surface area contributed by atoms with Gasteiger partial charge in [-0.25, -0.2) is 8.78 Å². The van der Waals surface area contributed by atoms with E-state index in [-0.39, 0.29) is 17.6 Å². The summed E-state index contributed by atoms with van der Waals surface area (Å²) in [5.41, 5.74) is 0. The Labute approximate surface area is 126 Å². The number of unbranched alkanes of at least 4 members (excludes halogenated alkanes) is 4. The molecular formula is C15H28F2O2S. The topological polar surface area (TPSA) is 26.3 Å². The molecule has 0 saturated carbocycles. The fourth-order valence-electron chi connectivity index (χ4n) is 1.92. The molecule has 0 fully saturated rings. The maximum Gasteiger partial charge on any atom is 0.318 e. The van der Waals surface area contributed by atoms with E-state index in [0.29, 0.717) is 6.42 Å². The molecule has 0 saturated heterocycles. The summed E-state index contributed by atoms with van der Waals surface area (Å²) in [6.07, 6.45) is 6.30. The molecule has 120 valence electrons. The Balaban J connectivity index is 3.76. The van der Waals surface area contributed by atoms with E-state index in [4.69, 9.17) is 4.74 Å². The van der Waals surface area contributed by atoms with E-state index in [1.165, 1.54) is 7.11 Å². The first kappa shape index (κ1) is 19.7. The van der Waals surface area contributed by atoms with Crippen molar-refractivity contribution < 1.29 is 18.3 Å². The number of ether oxygens (including phenoxy) is 1. The van der Waals surface area contributed by atoms with Gasteiger partial charge in [0.25, 0.3) is 0 Å². The summed E-state index contributed by atoms with van der Waals surface area (Å²) < 4.78 is 30.0. The van der Waals surface area contributed by atoms with E-state index in [0.717, 1.165) is 51.2 Å². The van der Waals surface area contributed by atoms with Crippen LogP contribution >= 0.6 is 11.8 Å². The van der Waals surface area contributed by atoms with Crippen molar-refractivity contribution in [2.24, 2.45) is 0 Å². The Hall–Kier alpha value is -0.320. The zero-order valence-electron chi connectivity index (χ0n) is 12.9. The van der Waals surface area contributed by atoms with Crippen LogP contribution in [-0.4, -0.2) is 30.0 Å². The highest BCUT2D eigenvalue weighted by Gasteiger charge is 2.20. The highest BCUT2D eigenvalue weighted by molar-refractivity contribution is 8.00. The standard InChI is InChI=1S/C15H28F2O2S/c1-4-5-7-10-13(14(18)19-3)20-12-9-6-8-11-15(2,16)17/h13H,4-12H2,1-3H3. The van der Waals surface area contributed by atoms with Gasteiger partial charge in [-0.3, -0.25) is 4.79 Å². The number of thioether (sulfide) groups is 1. The van der Waals surface area contributed by atoms with E-state index < -0.39 is 5.92 Å². The first-order valence-corrected chi connectivity index (χ1v) is 8.53. The number of halogens is 2. The van der Waals surface area contributed by atoms with Crippen LogP contribution in [-0.2, 0) is 9.53 Å². The Kier molecular flexibility index (Phi) is 11.2. The van der Waals surface area contributed by atoms with Crippen molar-refractivity contribution in [2.45, 2.75) is 76.4 Å². The Bertz CT molecular complexity index is 255. The lowest BCUT2D eigenvalue weighted by atomic mass is 10.1. The molecule has 0 bridgehead atoms. The average molecular weight is 310 g/mol. The van der Waals surface area contributed by atoms with Crippen molar-refractivity contribution in [1.82, 2.24) is 0 Å². The van der Waals surface area contributed by atoms with Crippen molar-refractivity contribution in [3.05, 3.63) is 0 Å². The van der Waals surface area contributed by atoms with E-state index in [1.807, 2.05) is 0 Å². The van der Waals surface area contributed by atoms with Crippen molar-refractivity contribution >= 4 is 17.7 Å². The van der Waals surface area contributed by atoms with Crippen LogP contribution in [0.5, 0.6) is 0 Å². The largest absolute Gasteiger partial charge is 0.468 e. The predicted octanol–water partition coefficient (Wildman–Crippen LogP) is 5.06. The SMILES string of the molecule is CCCCCC(SCCCCCC(C)(F)F)C(=O)OC. The second kappa shape index (κ2) is 11.4. The Morgan fingerprint density at radius 3 is 2.45 bits per heavy atom. The number of methoxy groups -OCH3 is 1. The van der Waals surface area contributed by atoms with Crippen LogP contribution in [0.15, 0.2) is 0 Å². The average Bonchev–Trinajstić information content (AvgIpc) is 2.38. The zero-order valence-corrected chi connectivity index (χ0v) is 13.7. The van der Waals surface area contributed by atoms with E-state index >= 15 is 0 Å². The van der Waals surface area contributed by atoms with Gasteiger partial charge in [0.1, 0.15) is 5.25 Å². The van der Waals surface area contributed by atoms with Crippen molar-refractivity contribution in [3.8, 4) is 0 Å². The first-order chi connectivity index (χ1) is 9.40. The maximum absolute atomic E-state index is 12.6. The molecule has 0 amide bonds. The van der Waals surface area contributed by atoms with Crippen LogP contribution in [0.25, 0.3) is 0 Å². The lowest BCUT2D eigenvalue weighted by molar-refractivity contribution is -0.140. The molecule has 0 aromatic carbocycles. The molecule has 1 unspecified atom stereocenters. The summed E-state index contributed by atoms with van der Waals surface area (Å²) in [5, 5.41) is -0.0980. The molecule has 0 spiro atoms. The van der Waals surface area contributed by atoms with Gasteiger partial charge in [-0.05, 0) is 31.9 Å². The van der Waals surface area contributed by atoms with Gasteiger partial charge in [0.15, 0.2) is 0 Å². The minimum Gasteiger partial charge on any atom is -0.468 e. The molecule has 0 rings (SSSR count). The number of rotatable bonds is 12. The van der Waals surface area contributed by atoms with Gasteiger partial charge in [0.2, 0.25) is 5.92 Å². The number of hydrogen-bond acceptors (Lipinski definition) is 3. The summed E-state index contributed by atoms with van der Waals surface area (Å²) >= 11 is 1.60. The second-order valence-corrected chi connectivity index (χ2v) is 6.57. The minimum absolute atomic E-state index is 0.0470. The van der Waals surface area contributed by atoms with Crippen molar-refractivity contribution in [1.29, 1.82) is 0 Å². The third-order valence-corrected chi connectivity index (χ3v) is 4.47. The molecule has 5 heteroatoms. The van der Waals surface area contributed by atoms with Gasteiger partial charge in [-0.2, -0.15) is 0 Å². The molecule has 0 N–H and O–H groups in total. The highest BCUT2D eigenvalue weighted by atomic mass is 32.2. The van der Waals surface area contributed by atoms with Crippen LogP contribution < -0.4 is 0 Å². The van der Waals surface area contributed by atoms with Gasteiger partial charge >= 0.3 is 5.97 Å². The third kappa shape index (κ3) is 11.5. The number of carbonyl (C=O) groups excluding carboxylic acids is 1. The third-order valence-electron chi connectivity index (χ3n) is 3.11. The molecule has 0 aliphatic carbocycles. The highest BCUT2D eigenvalue weighted by Crippen LogP contribution is 2.23. The van der Waals surface area contributed by atoms with Gasteiger partial charge in [-0.1, -0.05) is 32.6 Å². The van der Waals surface area contributed by atoms with Gasteiger partial charge in [0, 0.05) is 6.42 Å². The van der Waals surface area contributed by atoms with E-state index in [1.54, 1.807) is 11.8 Å². The molecule has 1 atom stereocenters. The normalized spacial score (nSPS) is 13.2. The molecule has 0 heterocycles. The smallest absolute Gasteiger partial charge is 0.318 e. The lowest BCUT2D eigenvalue weighted by Gasteiger charge is -2.14. The van der Waals surface area contributed by atoms with Crippen LogP contribution in [0.4, 0.5) is 8.78 Å². The lowest BCUT2D eigenvalue weighted by Crippen LogP contribution is -2.19. The molecule has 0 aromatic heterocycles. The number of esters is 1. The Morgan fingerprint density at radius 2 is 1.90 bits per heavy atom. The molecule has 0 aliphatic heterocycles. The second-order valence-electron chi connectivity index (χ2n) is 5.26. The number of carbonyl (C=O) groups is 1. The summed E-state index contributed by atoms with van der Waals surface area (Å²) in [5.74, 6) is -1.88. The minimum atomic E-state index is -2.55. The molecule has 20 heavy (non-hydrogen) atoms. The van der Waals surface area contributed by atoms with Crippen LogP contribution in [0.2, 0.25) is 0 Å². The maximum atomic E-state index is 12.6. The van der Waals surface area contributed by atoms with Crippen molar-refractivity contribution in [2.75, 3.05) is 12.9 Å². The zero-order chi connectivity index (χ0) is 15.4. The summed E-state index contributed by atoms with van der Waals surface area (Å²) in [6.45, 7) is 3.09. The first-order valence-electron chi connectivity index (χ1n) is 7.48. The van der Waals surface area contributed by atoms with Gasteiger partial charge in [0.05, 0.1) is 7.11 Å². The van der Waals surface area contributed by atoms with Crippen molar-refractivity contribution in [3.63, 3.8) is 0 Å². The van der Waals surface area contributed by atoms with Crippen LogP contribution in [0, 0.1) is 0 Å². The summed E-state index contributed by atoms with van der Waals surface area (Å²) in [6, 6.07) is 0. The molecule has 0 aliphatic rings. The fourth-order valence-corrected chi connectivity index (χ4v) is 3.14.